The van der Waals surface area contributed by atoms with Gasteiger partial charge in [0.2, 0.25) is 15.9 Å². The second-order valence-electron chi connectivity index (χ2n) is 20.4. The van der Waals surface area contributed by atoms with E-state index in [4.69, 9.17) is 16.6 Å². The highest BCUT2D eigenvalue weighted by Gasteiger charge is 2.57. The Balaban J connectivity index is 1.60. The molecule has 6 rings (SSSR count). The summed E-state index contributed by atoms with van der Waals surface area (Å²) in [7, 11) is -13.5. The van der Waals surface area contributed by atoms with Gasteiger partial charge in [-0.1, -0.05) is 51.4 Å². The molecular formula is C47H53ClF10N7O10PS2. The first-order chi connectivity index (χ1) is 35.4. The van der Waals surface area contributed by atoms with Crippen molar-refractivity contribution in [3.8, 4) is 11.1 Å². The summed E-state index contributed by atoms with van der Waals surface area (Å²) in [6.07, 6.45) is -10.5. The van der Waals surface area contributed by atoms with Crippen molar-refractivity contribution in [2.45, 2.75) is 115 Å². The zero-order valence-electron chi connectivity index (χ0n) is 42.7. The number of ketones is 1. The van der Waals surface area contributed by atoms with Crippen LogP contribution in [0.25, 0.3) is 22.0 Å². The van der Waals surface area contributed by atoms with Gasteiger partial charge in [0.25, 0.3) is 5.92 Å². The van der Waals surface area contributed by atoms with E-state index in [2.05, 4.69) is 20.0 Å². The molecule has 78 heavy (non-hydrogen) atoms. The lowest BCUT2D eigenvalue weighted by Crippen LogP contribution is -2.36. The molecule has 1 aliphatic carbocycles. The number of aromatic nitrogens is 5. The summed E-state index contributed by atoms with van der Waals surface area (Å²) in [6, 6.07) is 5.18. The molecule has 0 fully saturated rings. The van der Waals surface area contributed by atoms with Crippen LogP contribution >= 0.6 is 19.4 Å². The number of sulfonamides is 1. The summed E-state index contributed by atoms with van der Waals surface area (Å²) in [5, 5.41) is 9.02. The number of rotatable bonds is 21. The Labute approximate surface area is 445 Å². The number of anilines is 1. The minimum atomic E-state index is -5.27. The Morgan fingerprint density at radius 3 is 2.08 bits per heavy atom. The Bertz CT molecular complexity index is 3420. The summed E-state index contributed by atoms with van der Waals surface area (Å²) in [6.45, 7) is 2.43. The maximum Gasteiger partial charge on any atom is 0.469 e. The lowest BCUT2D eigenvalue weighted by atomic mass is 9.87. The number of hydrogen-bond donors (Lipinski definition) is 3. The number of nitrogens with one attached hydrogen (secondary N) is 1. The minimum absolute atomic E-state index is 0.0363. The highest BCUT2D eigenvalue weighted by atomic mass is 35.5. The number of alkyl halides is 8. The van der Waals surface area contributed by atoms with Crippen molar-refractivity contribution in [1.82, 2.24) is 29.9 Å². The first-order valence-corrected chi connectivity index (χ1v) is 29.1. The van der Waals surface area contributed by atoms with E-state index in [9.17, 15) is 75.9 Å². The fourth-order valence-corrected chi connectivity index (χ4v) is 11.0. The number of amides is 1. The van der Waals surface area contributed by atoms with Crippen LogP contribution in [0.1, 0.15) is 100 Å². The van der Waals surface area contributed by atoms with Crippen molar-refractivity contribution in [1.29, 1.82) is 0 Å². The van der Waals surface area contributed by atoms with Gasteiger partial charge < -0.3 is 15.1 Å². The summed E-state index contributed by atoms with van der Waals surface area (Å²) in [5.74, 6) is -12.3. The fourth-order valence-electron chi connectivity index (χ4n) is 8.92. The van der Waals surface area contributed by atoms with Gasteiger partial charge in [-0.2, -0.15) is 45.3 Å². The third kappa shape index (κ3) is 13.7. The van der Waals surface area contributed by atoms with Crippen LogP contribution in [0.2, 0.25) is 5.02 Å². The van der Waals surface area contributed by atoms with Crippen molar-refractivity contribution >= 4 is 67.7 Å². The molecule has 17 nitrogen and oxygen atoms in total. The van der Waals surface area contributed by atoms with Crippen LogP contribution < -0.4 is 9.62 Å². The number of carbonyl (C=O) groups excluding carboxylic acids is 2. The standard InChI is InChI=1S/C47H53ClF10N7O10PS2/c1-24-25(2)46(54,55)41-36(24)40(47(56,57)58)61-63(41)21-35(67)60-33(19-26-17-27(49)20-28(50)18-26)38-30(10-9-29(59-38)13-15-44(5,6)77(7,71)72)31-11-12-32(48)37-39(31)64(22-45(51,52)53)62-42(37)65(78(8,73)74)16-14-34(66)43(3,4)23-75-76(68,69)70/h9-12,17-18,20,24-25,33H,13-16,19,21-23H2,1-8H3,(H,60,67)(H2,68,69,70)/t24-,25+,33-/m0/s1. The van der Waals surface area contributed by atoms with Crippen LogP contribution in [-0.2, 0) is 76.6 Å². The molecule has 0 saturated carbocycles. The highest BCUT2D eigenvalue weighted by Crippen LogP contribution is 2.55. The number of nitrogens with zero attached hydrogens (tertiary/aromatic N) is 6. The van der Waals surface area contributed by atoms with E-state index < -0.39 is 175 Å². The van der Waals surface area contributed by atoms with Crippen LogP contribution in [-0.4, -0.2) is 99.4 Å². The third-order valence-corrected chi connectivity index (χ3v) is 17.8. The largest absolute Gasteiger partial charge is 0.469 e. The highest BCUT2D eigenvalue weighted by molar-refractivity contribution is 7.92. The molecule has 3 N–H and O–H groups in total. The maximum atomic E-state index is 15.9. The fraction of sp³-hybridized carbons (Fsp3) is 0.511. The Morgan fingerprint density at radius 1 is 0.923 bits per heavy atom. The molecule has 3 aromatic heterocycles. The molecule has 1 aliphatic rings. The van der Waals surface area contributed by atoms with Gasteiger partial charge in [-0.05, 0) is 68.9 Å². The van der Waals surface area contributed by atoms with Gasteiger partial charge in [0, 0.05) is 59.0 Å². The molecular weight excluding hydrogens is 1140 g/mol. The second kappa shape index (κ2) is 21.7. The first-order valence-electron chi connectivity index (χ1n) is 23.4. The molecule has 3 heterocycles. The number of carbonyl (C=O) groups is 2. The van der Waals surface area contributed by atoms with Crippen molar-refractivity contribution < 1.29 is 89.2 Å². The Hall–Kier alpha value is -5.19. The van der Waals surface area contributed by atoms with Gasteiger partial charge >= 0.3 is 20.2 Å². The van der Waals surface area contributed by atoms with Crippen LogP contribution in [0, 0.1) is 23.0 Å². The van der Waals surface area contributed by atoms with E-state index in [0.717, 1.165) is 44.4 Å². The SMILES string of the molecule is C[C@@H]1c2c(C(F)(F)F)nn(CC(=O)N[C@@H](Cc3cc(F)cc(F)c3)c3nc(CCC(C)(C)S(C)(=O)=O)ccc3-c3ccc(Cl)c4c(N(CCC(=O)C(C)(C)COP(=O)(O)O)S(C)(=O)=O)nn(CC(F)(F)F)c34)c2C(F)(F)[C@@H]1C. The molecule has 2 aromatic carbocycles. The molecule has 31 heteroatoms. The molecule has 0 aliphatic heterocycles. The van der Waals surface area contributed by atoms with Crippen LogP contribution in [0.15, 0.2) is 42.5 Å². The van der Waals surface area contributed by atoms with Gasteiger partial charge in [-0.25, -0.2) is 30.2 Å². The average molecular weight is 1200 g/mol. The smallest absolute Gasteiger partial charge is 0.346 e. The van der Waals surface area contributed by atoms with E-state index >= 15 is 8.78 Å². The average Bonchev–Trinajstić information content (AvgIpc) is 3.89. The minimum Gasteiger partial charge on any atom is -0.346 e. The molecule has 0 saturated heterocycles. The van der Waals surface area contributed by atoms with Gasteiger partial charge in [-0.15, -0.1) is 0 Å². The molecule has 0 bridgehead atoms. The van der Waals surface area contributed by atoms with Crippen molar-refractivity contribution in [3.63, 3.8) is 0 Å². The summed E-state index contributed by atoms with van der Waals surface area (Å²) < 4.78 is 217. The molecule has 0 radical (unpaired) electrons. The number of fused-ring (bicyclic) bond motifs is 2. The number of Topliss-reactive ketones (excluding diaryl/α,β-unsaturated/α-hetero) is 1. The first kappa shape index (κ1) is 62.0. The second-order valence-corrected chi connectivity index (χ2v) is 26.6. The number of hydrogen-bond acceptors (Lipinski definition) is 11. The summed E-state index contributed by atoms with van der Waals surface area (Å²) >= 11 is 6.72. The number of halogens is 11. The quantitative estimate of drug-likeness (QED) is 0.0460. The topological polar surface area (TPSA) is 233 Å². The van der Waals surface area contributed by atoms with E-state index in [0.29, 0.717) is 21.3 Å². The monoisotopic (exact) mass is 1200 g/mol. The zero-order valence-corrected chi connectivity index (χ0v) is 46.0. The van der Waals surface area contributed by atoms with Crippen LogP contribution in [0.3, 0.4) is 0 Å². The molecule has 3 atom stereocenters. The number of aryl methyl sites for hydroxylation is 1. The molecule has 0 unspecified atom stereocenters. The molecule has 1 amide bonds. The predicted octanol–water partition coefficient (Wildman–Crippen LogP) is 9.37. The lowest BCUT2D eigenvalue weighted by Gasteiger charge is -2.26. The normalized spacial score (nSPS) is 16.9. The Kier molecular flexibility index (Phi) is 17.3. The third-order valence-electron chi connectivity index (χ3n) is 13.6. The van der Waals surface area contributed by atoms with Crippen molar-refractivity contribution in [2.75, 3.05) is 30.0 Å². The van der Waals surface area contributed by atoms with Gasteiger partial charge in [0.05, 0.1) is 45.3 Å². The molecule has 430 valence electrons. The van der Waals surface area contributed by atoms with Crippen LogP contribution in [0.5, 0.6) is 0 Å². The van der Waals surface area contributed by atoms with E-state index in [1.165, 1.54) is 39.8 Å². The number of pyridine rings is 1. The van der Waals surface area contributed by atoms with Gasteiger partial charge in [-0.3, -0.25) is 32.8 Å². The predicted molar refractivity (Wildman–Crippen MR) is 265 cm³/mol. The van der Waals surface area contributed by atoms with E-state index in [1.54, 1.807) is 0 Å². The van der Waals surface area contributed by atoms with Gasteiger partial charge in [0.1, 0.15) is 36.2 Å². The Morgan fingerprint density at radius 2 is 1.53 bits per heavy atom. The lowest BCUT2D eigenvalue weighted by molar-refractivity contribution is -0.143. The van der Waals surface area contributed by atoms with Gasteiger partial charge in [0.15, 0.2) is 21.3 Å². The van der Waals surface area contributed by atoms with E-state index in [-0.39, 0.29) is 45.6 Å². The van der Waals surface area contributed by atoms with Crippen molar-refractivity contribution in [3.05, 3.63) is 93.0 Å². The summed E-state index contributed by atoms with van der Waals surface area (Å²) in [5.41, 5.74) is -7.11. The number of phosphoric ester groups is 1. The van der Waals surface area contributed by atoms with E-state index in [1.807, 2.05) is 0 Å². The zero-order chi connectivity index (χ0) is 58.8. The number of benzene rings is 2. The molecule has 0 spiro atoms. The maximum absolute atomic E-state index is 15.9. The summed E-state index contributed by atoms with van der Waals surface area (Å²) in [4.78, 5) is 50.9. The van der Waals surface area contributed by atoms with Crippen molar-refractivity contribution in [2.24, 2.45) is 11.3 Å². The number of sulfone groups is 1. The van der Waals surface area contributed by atoms with Crippen LogP contribution in [0.4, 0.5) is 49.7 Å². The number of phosphoric acid groups is 1. The molecule has 5 aromatic rings.